The van der Waals surface area contributed by atoms with Gasteiger partial charge in [0, 0.05) is 21.5 Å². The number of aromatic nitrogens is 1. The van der Waals surface area contributed by atoms with E-state index in [2.05, 4.69) is 15.2 Å². The van der Waals surface area contributed by atoms with Crippen molar-refractivity contribution in [3.05, 3.63) is 101 Å². The average molecular weight is 470 g/mol. The largest absolute Gasteiger partial charge is 0.448 e. The third kappa shape index (κ3) is 5.52. The van der Waals surface area contributed by atoms with Crippen molar-refractivity contribution in [1.29, 1.82) is 0 Å². The third-order valence-electron chi connectivity index (χ3n) is 4.15. The van der Waals surface area contributed by atoms with Gasteiger partial charge in [0.1, 0.15) is 5.75 Å². The number of anilines is 1. The van der Waals surface area contributed by atoms with Gasteiger partial charge in [0.25, 0.3) is 5.91 Å². The van der Waals surface area contributed by atoms with E-state index >= 15 is 0 Å². The highest BCUT2D eigenvalue weighted by Crippen LogP contribution is 2.44. The van der Waals surface area contributed by atoms with Crippen LogP contribution in [0.1, 0.15) is 10.4 Å². The normalized spacial score (nSPS) is 12.5. The minimum Gasteiger partial charge on any atom is -0.414 e. The number of para-hydroxylation sites is 1. The van der Waals surface area contributed by atoms with Crippen LogP contribution in [0.3, 0.4) is 0 Å². The zero-order valence-electron chi connectivity index (χ0n) is 16.1. The average Bonchev–Trinajstić information content (AvgIpc) is 3.23. The summed E-state index contributed by atoms with van der Waals surface area (Å²) in [6.07, 6.45) is 0. The van der Waals surface area contributed by atoms with E-state index in [1.165, 1.54) is 11.3 Å². The summed E-state index contributed by atoms with van der Waals surface area (Å²) >= 11 is 7.19. The van der Waals surface area contributed by atoms with Gasteiger partial charge < -0.3 is 4.52 Å². The van der Waals surface area contributed by atoms with E-state index < -0.39 is 13.6 Å². The van der Waals surface area contributed by atoms with E-state index in [0.29, 0.717) is 27.2 Å². The maximum atomic E-state index is 13.6. The van der Waals surface area contributed by atoms with E-state index in [0.717, 1.165) is 5.56 Å². The molecule has 0 aliphatic carbocycles. The van der Waals surface area contributed by atoms with E-state index in [1.54, 1.807) is 66.7 Å². The molecule has 0 saturated carbocycles. The molecular formula is C22H17ClN3O3PS. The molecular weight excluding hydrogens is 453 g/mol. The van der Waals surface area contributed by atoms with Crippen molar-refractivity contribution in [2.75, 3.05) is 5.09 Å². The summed E-state index contributed by atoms with van der Waals surface area (Å²) < 4.78 is 19.3. The molecule has 1 unspecified atom stereocenters. The zero-order chi connectivity index (χ0) is 21.7. The highest BCUT2D eigenvalue weighted by molar-refractivity contribution is 7.60. The standard InChI is InChI=1S/C22H17ClN3O3PS/c23-18-13-11-16(12-14-18)20-15-31-22(24-20)26-30(28,29-19-9-5-2-6-10-19)25-21(27)17-7-3-1-4-8-17/h1-15H,(H2,24,25,26,27,28). The van der Waals surface area contributed by atoms with Gasteiger partial charge in [0.05, 0.1) is 5.69 Å². The van der Waals surface area contributed by atoms with E-state index in [1.807, 2.05) is 23.6 Å². The third-order valence-corrected chi connectivity index (χ3v) is 6.78. The Hall–Kier alpha value is -3.12. The van der Waals surface area contributed by atoms with Crippen LogP contribution in [0.2, 0.25) is 5.02 Å². The van der Waals surface area contributed by atoms with Crippen molar-refractivity contribution in [2.45, 2.75) is 0 Å². The minimum atomic E-state index is -3.89. The summed E-state index contributed by atoms with van der Waals surface area (Å²) in [7, 11) is -3.89. The number of hydrogen-bond donors (Lipinski definition) is 2. The number of nitrogens with zero attached hydrogens (tertiary/aromatic N) is 1. The summed E-state index contributed by atoms with van der Waals surface area (Å²) in [6.45, 7) is 0. The van der Waals surface area contributed by atoms with Crippen LogP contribution < -0.4 is 14.7 Å². The van der Waals surface area contributed by atoms with Gasteiger partial charge in [-0.1, -0.05) is 60.1 Å². The van der Waals surface area contributed by atoms with Crippen LogP contribution in [0.15, 0.2) is 90.3 Å². The molecule has 0 aliphatic rings. The molecule has 31 heavy (non-hydrogen) atoms. The quantitative estimate of drug-likeness (QED) is 0.302. The van der Waals surface area contributed by atoms with Gasteiger partial charge in [-0.15, -0.1) is 11.3 Å². The minimum absolute atomic E-state index is 0.345. The molecule has 4 aromatic rings. The van der Waals surface area contributed by atoms with Crippen molar-refractivity contribution < 1.29 is 13.9 Å². The number of hydrogen-bond acceptors (Lipinski definition) is 5. The summed E-state index contributed by atoms with van der Waals surface area (Å²) in [5, 5.41) is 8.07. The Morgan fingerprint density at radius 1 is 0.935 bits per heavy atom. The lowest BCUT2D eigenvalue weighted by Crippen LogP contribution is -2.26. The number of carbonyl (C=O) groups excluding carboxylic acids is 1. The molecule has 0 radical (unpaired) electrons. The van der Waals surface area contributed by atoms with Crippen molar-refractivity contribution in [3.8, 4) is 17.0 Å². The van der Waals surface area contributed by atoms with Crippen LogP contribution in [0, 0.1) is 0 Å². The van der Waals surface area contributed by atoms with E-state index in [4.69, 9.17) is 16.1 Å². The Morgan fingerprint density at radius 3 is 2.26 bits per heavy atom. The van der Waals surface area contributed by atoms with Crippen LogP contribution in [-0.2, 0) is 4.57 Å². The van der Waals surface area contributed by atoms with Crippen LogP contribution >= 0.6 is 30.6 Å². The number of thiazole rings is 1. The van der Waals surface area contributed by atoms with Crippen molar-refractivity contribution in [2.24, 2.45) is 0 Å². The molecule has 0 bridgehead atoms. The number of halogens is 1. The second kappa shape index (κ2) is 9.35. The van der Waals surface area contributed by atoms with Crippen molar-refractivity contribution >= 4 is 41.6 Å². The lowest BCUT2D eigenvalue weighted by atomic mass is 10.2. The lowest BCUT2D eigenvalue weighted by molar-refractivity contribution is 0.0978. The highest BCUT2D eigenvalue weighted by Gasteiger charge is 2.30. The first-order chi connectivity index (χ1) is 15.0. The summed E-state index contributed by atoms with van der Waals surface area (Å²) in [5.74, 6) is -0.178. The fraction of sp³-hybridized carbons (Fsp3) is 0. The van der Waals surface area contributed by atoms with Gasteiger partial charge in [-0.25, -0.2) is 9.55 Å². The fourth-order valence-electron chi connectivity index (χ4n) is 2.70. The van der Waals surface area contributed by atoms with Crippen LogP contribution in [-0.4, -0.2) is 10.9 Å². The zero-order valence-corrected chi connectivity index (χ0v) is 18.5. The van der Waals surface area contributed by atoms with Gasteiger partial charge in [-0.2, -0.15) is 0 Å². The topological polar surface area (TPSA) is 80.3 Å². The van der Waals surface area contributed by atoms with Crippen LogP contribution in [0.4, 0.5) is 5.13 Å². The molecule has 1 heterocycles. The molecule has 156 valence electrons. The van der Waals surface area contributed by atoms with Gasteiger partial charge >= 0.3 is 7.67 Å². The fourth-order valence-corrected chi connectivity index (χ4v) is 5.22. The Morgan fingerprint density at radius 2 is 1.58 bits per heavy atom. The Bertz CT molecular complexity index is 1220. The number of benzene rings is 3. The monoisotopic (exact) mass is 469 g/mol. The van der Waals surface area contributed by atoms with Crippen molar-refractivity contribution in [3.63, 3.8) is 0 Å². The predicted octanol–water partition coefficient (Wildman–Crippen LogP) is 6.49. The second-order valence-corrected chi connectivity index (χ2v) is 9.45. The molecule has 2 N–H and O–H groups in total. The van der Waals surface area contributed by atoms with Crippen molar-refractivity contribution in [1.82, 2.24) is 10.1 Å². The molecule has 3 aromatic carbocycles. The number of amides is 1. The molecule has 4 rings (SSSR count). The number of rotatable bonds is 7. The molecule has 0 aliphatic heterocycles. The van der Waals surface area contributed by atoms with E-state index in [9.17, 15) is 9.36 Å². The summed E-state index contributed by atoms with van der Waals surface area (Å²) in [5.41, 5.74) is 1.91. The first-order valence-corrected chi connectivity index (χ1v) is 12.1. The molecule has 0 spiro atoms. The Balaban J connectivity index is 1.59. The second-order valence-electron chi connectivity index (χ2n) is 6.42. The molecule has 0 saturated heterocycles. The maximum absolute atomic E-state index is 13.6. The molecule has 6 nitrogen and oxygen atoms in total. The molecule has 0 fully saturated rings. The molecule has 1 amide bonds. The maximum Gasteiger partial charge on any atom is 0.448 e. The van der Waals surface area contributed by atoms with Crippen LogP contribution in [0.5, 0.6) is 5.75 Å². The van der Waals surface area contributed by atoms with Gasteiger partial charge in [0.2, 0.25) is 0 Å². The first kappa shape index (κ1) is 21.1. The highest BCUT2D eigenvalue weighted by atomic mass is 35.5. The summed E-state index contributed by atoms with van der Waals surface area (Å²) in [6, 6.07) is 24.4. The lowest BCUT2D eigenvalue weighted by Gasteiger charge is -2.20. The molecule has 1 aromatic heterocycles. The summed E-state index contributed by atoms with van der Waals surface area (Å²) in [4.78, 5) is 17.1. The first-order valence-electron chi connectivity index (χ1n) is 9.23. The smallest absolute Gasteiger partial charge is 0.414 e. The molecule has 9 heteroatoms. The number of carbonyl (C=O) groups is 1. The van der Waals surface area contributed by atoms with Crippen LogP contribution in [0.25, 0.3) is 11.3 Å². The van der Waals surface area contributed by atoms with Gasteiger partial charge in [-0.3, -0.25) is 15.0 Å². The Kier molecular flexibility index (Phi) is 6.37. The predicted molar refractivity (Wildman–Crippen MR) is 125 cm³/mol. The molecule has 1 atom stereocenters. The van der Waals surface area contributed by atoms with Gasteiger partial charge in [-0.05, 0) is 36.4 Å². The van der Waals surface area contributed by atoms with E-state index in [-0.39, 0.29) is 0 Å². The van der Waals surface area contributed by atoms with Gasteiger partial charge in [0.15, 0.2) is 5.13 Å². The number of nitrogens with one attached hydrogen (secondary N) is 2. The Labute approximate surface area is 188 Å². The SMILES string of the molecule is O=C(NP(=O)(Nc1nc(-c2ccc(Cl)cc2)cs1)Oc1ccccc1)c1ccccc1.